The second-order valence-corrected chi connectivity index (χ2v) is 7.24. The van der Waals surface area contributed by atoms with Crippen LogP contribution in [0.25, 0.3) is 0 Å². The number of amides is 4. The fourth-order valence-electron chi connectivity index (χ4n) is 2.66. The van der Waals surface area contributed by atoms with Crippen LogP contribution in [0.15, 0.2) is 47.5 Å². The summed E-state index contributed by atoms with van der Waals surface area (Å²) in [6.45, 7) is 3.88. The minimum absolute atomic E-state index is 0.408. The Hall–Kier alpha value is -2.55. The van der Waals surface area contributed by atoms with E-state index in [2.05, 4.69) is 32.9 Å². The van der Waals surface area contributed by atoms with Gasteiger partial charge in [0.15, 0.2) is 5.92 Å². The Morgan fingerprint density at radius 3 is 2.42 bits per heavy atom. The number of carbonyl (C=O) groups excluding carboxylic acids is 3. The van der Waals surface area contributed by atoms with Gasteiger partial charge in [0.2, 0.25) is 5.91 Å². The van der Waals surface area contributed by atoms with E-state index in [1.807, 2.05) is 32.0 Å². The predicted octanol–water partition coefficient (Wildman–Crippen LogP) is 3.51. The lowest BCUT2D eigenvalue weighted by Crippen LogP contribution is -2.58. The van der Waals surface area contributed by atoms with Crippen molar-refractivity contribution in [3.63, 3.8) is 0 Å². The Labute approximate surface area is 164 Å². The molecule has 0 aromatic heterocycles. The summed E-state index contributed by atoms with van der Waals surface area (Å²) >= 11 is 2.13. The average molecular weight is 461 g/mol. The number of aryl methyl sites for hydroxylation is 2. The minimum Gasteiger partial charge on any atom is -0.276 e. The van der Waals surface area contributed by atoms with Gasteiger partial charge in [-0.15, -0.1) is 0 Å². The molecule has 1 aliphatic rings. The molecule has 1 heterocycles. The van der Waals surface area contributed by atoms with E-state index in [0.717, 1.165) is 19.6 Å². The second-order valence-electron chi connectivity index (χ2n) is 5.99. The number of barbiturate groups is 1. The van der Waals surface area contributed by atoms with Crippen molar-refractivity contribution in [2.45, 2.75) is 13.8 Å². The van der Waals surface area contributed by atoms with Crippen molar-refractivity contribution in [3.05, 3.63) is 57.2 Å². The van der Waals surface area contributed by atoms with Crippen LogP contribution in [0.2, 0.25) is 0 Å². The second kappa shape index (κ2) is 7.36. The van der Waals surface area contributed by atoms with Gasteiger partial charge in [0, 0.05) is 9.78 Å². The maximum Gasteiger partial charge on any atom is 0.335 e. The third kappa shape index (κ3) is 3.67. The molecule has 1 saturated heterocycles. The zero-order valence-corrected chi connectivity index (χ0v) is 16.4. The number of anilines is 1. The number of rotatable bonds is 3. The quantitative estimate of drug-likeness (QED) is 0.432. The van der Waals surface area contributed by atoms with Crippen LogP contribution in [-0.2, 0) is 9.59 Å². The van der Waals surface area contributed by atoms with Gasteiger partial charge in [-0.05, 0) is 72.3 Å². The van der Waals surface area contributed by atoms with E-state index in [4.69, 9.17) is 0 Å². The summed E-state index contributed by atoms with van der Waals surface area (Å²) in [5.41, 5.74) is 3.12. The van der Waals surface area contributed by atoms with Crippen molar-refractivity contribution in [1.82, 2.24) is 5.32 Å². The van der Waals surface area contributed by atoms with Crippen LogP contribution < -0.4 is 10.2 Å². The molecule has 1 fully saturated rings. The van der Waals surface area contributed by atoms with Crippen molar-refractivity contribution in [3.8, 4) is 0 Å². The Kier molecular flexibility index (Phi) is 5.17. The van der Waals surface area contributed by atoms with Gasteiger partial charge in [-0.2, -0.15) is 0 Å². The van der Waals surface area contributed by atoms with Crippen LogP contribution in [0.1, 0.15) is 11.1 Å². The van der Waals surface area contributed by atoms with Crippen molar-refractivity contribution in [2.75, 3.05) is 4.90 Å². The molecule has 4 amide bonds. The molecule has 1 N–H and O–H groups in total. The molecular weight excluding hydrogens is 445 g/mol. The van der Waals surface area contributed by atoms with Crippen molar-refractivity contribution in [2.24, 2.45) is 10.9 Å². The van der Waals surface area contributed by atoms with E-state index in [-0.39, 0.29) is 0 Å². The first-order chi connectivity index (χ1) is 12.4. The summed E-state index contributed by atoms with van der Waals surface area (Å²) < 4.78 is 0.972. The molecule has 0 saturated carbocycles. The largest absolute Gasteiger partial charge is 0.335 e. The van der Waals surface area contributed by atoms with Crippen LogP contribution >= 0.6 is 22.6 Å². The van der Waals surface area contributed by atoms with Crippen LogP contribution in [0.3, 0.4) is 0 Å². The molecule has 0 unspecified atom stereocenters. The molecule has 0 aliphatic carbocycles. The molecule has 132 valence electrons. The van der Waals surface area contributed by atoms with Crippen LogP contribution in [0, 0.1) is 23.3 Å². The maximum absolute atomic E-state index is 12.7. The Balaban J connectivity index is 1.90. The summed E-state index contributed by atoms with van der Waals surface area (Å²) in [4.78, 5) is 42.3. The van der Waals surface area contributed by atoms with Gasteiger partial charge in [0.1, 0.15) is 0 Å². The zero-order valence-electron chi connectivity index (χ0n) is 14.2. The van der Waals surface area contributed by atoms with E-state index >= 15 is 0 Å². The zero-order chi connectivity index (χ0) is 18.8. The number of benzene rings is 2. The van der Waals surface area contributed by atoms with E-state index in [0.29, 0.717) is 11.4 Å². The molecule has 0 radical (unpaired) electrons. The molecule has 26 heavy (non-hydrogen) atoms. The van der Waals surface area contributed by atoms with Gasteiger partial charge < -0.3 is 0 Å². The number of halogens is 1. The van der Waals surface area contributed by atoms with Gasteiger partial charge in [0.25, 0.3) is 5.91 Å². The molecule has 6 nitrogen and oxygen atoms in total. The van der Waals surface area contributed by atoms with E-state index in [9.17, 15) is 14.4 Å². The number of imide groups is 2. The summed E-state index contributed by atoms with van der Waals surface area (Å²) in [5, 5.41) is 2.22. The smallest absolute Gasteiger partial charge is 0.276 e. The SMILES string of the molecule is Cc1ccc(N=C[C@H]2C(=O)NC(=O)N(c3ccc(I)cc3)C2=O)c(C)c1. The van der Waals surface area contributed by atoms with Crippen molar-refractivity contribution >= 4 is 58.0 Å². The Morgan fingerprint density at radius 2 is 1.77 bits per heavy atom. The molecule has 7 heteroatoms. The lowest BCUT2D eigenvalue weighted by molar-refractivity contribution is -0.131. The van der Waals surface area contributed by atoms with Crippen molar-refractivity contribution in [1.29, 1.82) is 0 Å². The number of carbonyl (C=O) groups is 3. The van der Waals surface area contributed by atoms with Crippen molar-refractivity contribution < 1.29 is 14.4 Å². The van der Waals surface area contributed by atoms with Gasteiger partial charge in [0.05, 0.1) is 11.4 Å². The number of hydrogen-bond donors (Lipinski definition) is 1. The van der Waals surface area contributed by atoms with E-state index in [1.165, 1.54) is 6.21 Å². The first-order valence-electron chi connectivity index (χ1n) is 7.92. The first-order valence-corrected chi connectivity index (χ1v) is 9.00. The third-order valence-electron chi connectivity index (χ3n) is 4.00. The van der Waals surface area contributed by atoms with Crippen LogP contribution in [-0.4, -0.2) is 24.1 Å². The van der Waals surface area contributed by atoms with Gasteiger partial charge in [-0.1, -0.05) is 17.7 Å². The summed E-state index contributed by atoms with van der Waals surface area (Å²) in [7, 11) is 0. The van der Waals surface area contributed by atoms with E-state index < -0.39 is 23.8 Å². The monoisotopic (exact) mass is 461 g/mol. The maximum atomic E-state index is 12.7. The number of nitrogens with zero attached hydrogens (tertiary/aromatic N) is 2. The lowest BCUT2D eigenvalue weighted by Gasteiger charge is -2.28. The fourth-order valence-corrected chi connectivity index (χ4v) is 3.02. The van der Waals surface area contributed by atoms with Crippen LogP contribution in [0.4, 0.5) is 16.2 Å². The lowest BCUT2D eigenvalue weighted by atomic mass is 10.1. The molecule has 1 aliphatic heterocycles. The Bertz CT molecular complexity index is 922. The number of urea groups is 1. The van der Waals surface area contributed by atoms with E-state index in [1.54, 1.807) is 24.3 Å². The molecule has 2 aromatic rings. The molecule has 0 spiro atoms. The molecule has 3 rings (SSSR count). The van der Waals surface area contributed by atoms with Crippen LogP contribution in [0.5, 0.6) is 0 Å². The molecule has 1 atom stereocenters. The highest BCUT2D eigenvalue weighted by Gasteiger charge is 2.40. The summed E-state index contributed by atoms with van der Waals surface area (Å²) in [6.07, 6.45) is 1.29. The highest BCUT2D eigenvalue weighted by atomic mass is 127. The molecule has 0 bridgehead atoms. The highest BCUT2D eigenvalue weighted by Crippen LogP contribution is 2.23. The summed E-state index contributed by atoms with van der Waals surface area (Å²) in [5.74, 6) is -2.45. The van der Waals surface area contributed by atoms with Gasteiger partial charge >= 0.3 is 6.03 Å². The number of aliphatic imine (C=N–C) groups is 1. The topological polar surface area (TPSA) is 78.8 Å². The highest BCUT2D eigenvalue weighted by molar-refractivity contribution is 14.1. The normalized spacial score (nSPS) is 17.7. The van der Waals surface area contributed by atoms with Gasteiger partial charge in [-0.3, -0.25) is 19.9 Å². The van der Waals surface area contributed by atoms with Gasteiger partial charge in [-0.25, -0.2) is 9.69 Å². The molecule has 2 aromatic carbocycles. The third-order valence-corrected chi connectivity index (χ3v) is 4.72. The standard InChI is InChI=1S/C19H16IN3O3/c1-11-3-8-16(12(2)9-11)21-10-15-17(24)22-19(26)23(18(15)25)14-6-4-13(20)5-7-14/h3-10,15H,1-2H3,(H,22,24,26)/t15-/m0/s1. The minimum atomic E-state index is -1.16. The number of nitrogens with one attached hydrogen (secondary N) is 1. The molecular formula is C19H16IN3O3. The predicted molar refractivity (Wildman–Crippen MR) is 108 cm³/mol. The average Bonchev–Trinajstić information content (AvgIpc) is 2.57. The number of hydrogen-bond acceptors (Lipinski definition) is 4. The first kappa shape index (κ1) is 18.2. The summed E-state index contributed by atoms with van der Waals surface area (Å²) in [6, 6.07) is 11.8. The fraction of sp³-hybridized carbons (Fsp3) is 0.158. The Morgan fingerprint density at radius 1 is 1.08 bits per heavy atom.